The van der Waals surface area contributed by atoms with E-state index < -0.39 is 15.5 Å². The molecule has 13 heteroatoms. The number of quaternary nitrogens is 1. The molecule has 1 atom stereocenters. The number of anilines is 1. The van der Waals surface area contributed by atoms with Crippen LogP contribution in [0.3, 0.4) is 0 Å². The van der Waals surface area contributed by atoms with E-state index in [9.17, 15) is 17.8 Å². The topological polar surface area (TPSA) is 124 Å². The number of carbonyl (C=O) groups excluding carboxylic acids is 1. The SMILES string of the molecule is CC[NH+](CC)CC.Cc1ccc2c(c1)C(C)(CCCCCC(=O)N1CCNCC1)\C(=C/C=C/C=C/C1=[N+](C)c3ccc(S(=O)(=O)[O-])cc3C1(C)C)N2C.[CH2-]CC[NH-].[Cl][Pt]. The molecular weight excluding hydrogens is 963 g/mol. The van der Waals surface area contributed by atoms with E-state index in [1.54, 1.807) is 29.7 Å². The third kappa shape index (κ3) is 14.2. The molecule has 2 aromatic carbocycles. The normalized spacial score (nSPS) is 19.0. The van der Waals surface area contributed by atoms with Crippen LogP contribution in [-0.2, 0) is 44.5 Å². The number of halogens is 1. The molecule has 0 saturated carbocycles. The van der Waals surface area contributed by atoms with Crippen molar-refractivity contribution in [1.29, 1.82) is 0 Å². The molecule has 0 bridgehead atoms. The van der Waals surface area contributed by atoms with Gasteiger partial charge >= 0.3 is 28.2 Å². The average molecular weight is 1030 g/mol. The first-order valence-corrected chi connectivity index (χ1v) is 25.2. The molecule has 3 aliphatic rings. The quantitative estimate of drug-likeness (QED) is 0.0662. The van der Waals surface area contributed by atoms with Gasteiger partial charge in [-0.1, -0.05) is 48.8 Å². The number of piperazine rings is 1. The number of likely N-dealkylation sites (N-methyl/N-ethyl adjacent to an activating group) is 1. The number of carbonyl (C=O) groups is 1. The number of amides is 1. The second-order valence-corrected chi connectivity index (χ2v) is 17.4. The van der Waals surface area contributed by atoms with Gasteiger partial charge in [-0.2, -0.15) is 11.1 Å². The van der Waals surface area contributed by atoms with Crippen molar-refractivity contribution in [3.05, 3.63) is 102 Å². The molecule has 1 fully saturated rings. The van der Waals surface area contributed by atoms with E-state index in [2.05, 4.69) is 109 Å². The summed E-state index contributed by atoms with van der Waals surface area (Å²) in [5, 5.41) is 3.31. The van der Waals surface area contributed by atoms with E-state index in [-0.39, 0.29) is 16.2 Å². The van der Waals surface area contributed by atoms with Crippen LogP contribution in [0.25, 0.3) is 5.73 Å². The summed E-state index contributed by atoms with van der Waals surface area (Å²) in [6, 6.07) is 11.3. The Morgan fingerprint density at radius 1 is 1.00 bits per heavy atom. The molecule has 59 heavy (non-hydrogen) atoms. The summed E-state index contributed by atoms with van der Waals surface area (Å²) in [5.74, 6) is 0.280. The van der Waals surface area contributed by atoms with E-state index in [4.69, 9.17) is 5.73 Å². The molecule has 0 spiro atoms. The Bertz CT molecular complexity index is 1880. The van der Waals surface area contributed by atoms with Gasteiger partial charge in [0, 0.05) is 74.2 Å². The van der Waals surface area contributed by atoms with Crippen LogP contribution in [0.15, 0.2) is 77.4 Å². The number of aryl methyl sites for hydroxylation is 1. The van der Waals surface area contributed by atoms with Crippen LogP contribution in [0.1, 0.15) is 96.8 Å². The Kier molecular flexibility index (Phi) is 22.5. The van der Waals surface area contributed by atoms with Crippen LogP contribution in [-0.4, -0.2) is 101 Å². The average Bonchev–Trinajstić information content (AvgIpc) is 3.55. The molecule has 333 valence electrons. The molecule has 3 heterocycles. The number of allylic oxidation sites excluding steroid dienone is 6. The van der Waals surface area contributed by atoms with Gasteiger partial charge in [-0.3, -0.25) is 4.79 Å². The summed E-state index contributed by atoms with van der Waals surface area (Å²) >= 11 is 1.61. The molecule has 0 aromatic heterocycles. The summed E-state index contributed by atoms with van der Waals surface area (Å²) < 4.78 is 37.0. The fourth-order valence-electron chi connectivity index (χ4n) is 8.16. The third-order valence-electron chi connectivity index (χ3n) is 11.8. The number of hydrogen-bond donors (Lipinski definition) is 2. The van der Waals surface area contributed by atoms with Crippen molar-refractivity contribution in [3.8, 4) is 0 Å². The van der Waals surface area contributed by atoms with Crippen molar-refractivity contribution < 1.29 is 46.0 Å². The Morgan fingerprint density at radius 2 is 1.63 bits per heavy atom. The molecule has 3 aliphatic heterocycles. The van der Waals surface area contributed by atoms with Gasteiger partial charge in [0.2, 0.25) is 11.6 Å². The van der Waals surface area contributed by atoms with E-state index >= 15 is 0 Å². The predicted molar refractivity (Wildman–Crippen MR) is 242 cm³/mol. The number of benzene rings is 2. The second-order valence-electron chi connectivity index (χ2n) is 16.0. The number of rotatable bonds is 14. The molecular formula is C46H71ClN6O4PtS-. The number of fused-ring (bicyclic) bond motifs is 2. The predicted octanol–water partition coefficient (Wildman–Crippen LogP) is 7.57. The fourth-order valence-corrected chi connectivity index (χ4v) is 8.66. The van der Waals surface area contributed by atoms with Gasteiger partial charge in [0.15, 0.2) is 5.71 Å². The molecule has 1 unspecified atom stereocenters. The first-order chi connectivity index (χ1) is 28.0. The van der Waals surface area contributed by atoms with Gasteiger partial charge in [0.1, 0.15) is 17.2 Å². The zero-order valence-corrected chi connectivity index (χ0v) is 40.9. The maximum absolute atomic E-state index is 12.6. The van der Waals surface area contributed by atoms with Gasteiger partial charge in [0.25, 0.3) is 0 Å². The number of nitrogens with zero attached hydrogens (tertiary/aromatic N) is 3. The maximum atomic E-state index is 12.6. The summed E-state index contributed by atoms with van der Waals surface area (Å²) in [6.45, 7) is 26.3. The molecule has 10 nitrogen and oxygen atoms in total. The zero-order chi connectivity index (χ0) is 44.4. The second kappa shape index (κ2) is 25.3. The van der Waals surface area contributed by atoms with Crippen LogP contribution in [0, 0.1) is 13.8 Å². The first-order valence-electron chi connectivity index (χ1n) is 21.0. The van der Waals surface area contributed by atoms with Crippen molar-refractivity contribution in [1.82, 2.24) is 10.2 Å². The van der Waals surface area contributed by atoms with Crippen molar-refractivity contribution in [2.45, 2.75) is 103 Å². The summed E-state index contributed by atoms with van der Waals surface area (Å²) in [7, 11) is 4.18. The van der Waals surface area contributed by atoms with Crippen molar-refractivity contribution >= 4 is 42.5 Å². The van der Waals surface area contributed by atoms with E-state index in [0.717, 1.165) is 75.2 Å². The summed E-state index contributed by atoms with van der Waals surface area (Å²) in [5.41, 5.74) is 13.6. The number of nitrogens with one attached hydrogen (secondary N) is 3. The van der Waals surface area contributed by atoms with Gasteiger partial charge < -0.3 is 37.2 Å². The minimum absolute atomic E-state index is 0.142. The Balaban J connectivity index is 0.000000807. The minimum atomic E-state index is -4.53. The molecule has 0 aliphatic carbocycles. The van der Waals surface area contributed by atoms with Crippen LogP contribution in [0.2, 0.25) is 0 Å². The van der Waals surface area contributed by atoms with E-state index in [1.165, 1.54) is 54.3 Å². The molecule has 2 aromatic rings. The first kappa shape index (κ1) is 52.5. The fraction of sp³-hybridized carbons (Fsp3) is 0.543. The number of hydrogen-bond acceptors (Lipinski definition) is 6. The van der Waals surface area contributed by atoms with E-state index in [1.807, 2.05) is 37.9 Å². The molecule has 1 amide bonds. The van der Waals surface area contributed by atoms with Crippen molar-refractivity contribution in [2.75, 3.05) is 71.4 Å². The van der Waals surface area contributed by atoms with Gasteiger partial charge in [-0.05, 0) is 91.1 Å². The van der Waals surface area contributed by atoms with Crippen LogP contribution in [0.5, 0.6) is 0 Å². The van der Waals surface area contributed by atoms with Gasteiger partial charge in [-0.25, -0.2) is 14.8 Å². The summed E-state index contributed by atoms with van der Waals surface area (Å²) in [4.78, 5) is 18.4. The van der Waals surface area contributed by atoms with E-state index in [0.29, 0.717) is 13.0 Å². The third-order valence-corrected chi connectivity index (χ3v) is 12.6. The van der Waals surface area contributed by atoms with Crippen molar-refractivity contribution in [2.24, 2.45) is 0 Å². The summed E-state index contributed by atoms with van der Waals surface area (Å²) in [6.07, 6.45) is 15.7. The monoisotopic (exact) mass is 1030 g/mol. The Hall–Kier alpha value is -2.63. The molecule has 0 radical (unpaired) electrons. The van der Waals surface area contributed by atoms with Crippen molar-refractivity contribution in [3.63, 3.8) is 0 Å². The van der Waals surface area contributed by atoms with Crippen LogP contribution < -0.4 is 15.1 Å². The van der Waals surface area contributed by atoms with Crippen LogP contribution >= 0.6 is 9.42 Å². The number of unbranched alkanes of at least 4 members (excludes halogenated alkanes) is 2. The Morgan fingerprint density at radius 3 is 2.19 bits per heavy atom. The van der Waals surface area contributed by atoms with Gasteiger partial charge in [-0.15, -0.1) is 0 Å². The molecule has 5 rings (SSSR count). The molecule has 3 N–H and O–H groups in total. The van der Waals surface area contributed by atoms with Gasteiger partial charge in [0.05, 0.1) is 29.9 Å². The zero-order valence-electron chi connectivity index (χ0n) is 37.0. The van der Waals surface area contributed by atoms with Crippen LogP contribution in [0.4, 0.5) is 11.4 Å². The molecule has 1 saturated heterocycles. The standard InChI is InChI=1S/C37H48N4O4S.C6H15N.C3H7N.ClH.Pt/c1-27-16-18-32-30(25-27)37(4,20-12-8-11-15-35(42)41-23-21-38-22-24-41)34(40(32)6)14-10-7-9-13-33-36(2,3)29-26-28(46(43,44)45)17-19-31(29)39(33)5;1-4-7(5-2)6-3;1-2-3-4;;/h7,9-10,13-14,16-19,25-26,38H,8,11-12,15,20-24H2,1-6H3;4-6H2,1-3H3;4H,1-3H2;1H;/q;;-2;;+1. The Labute approximate surface area is 372 Å².